The zero-order chi connectivity index (χ0) is 13.1. The van der Waals surface area contributed by atoms with Crippen molar-refractivity contribution in [3.63, 3.8) is 0 Å². The zero-order valence-electron chi connectivity index (χ0n) is 12.5. The fourth-order valence-electron chi connectivity index (χ4n) is 2.05. The number of unbranched alkanes of at least 4 members (excludes halogenated alkanes) is 1. The van der Waals surface area contributed by atoms with Gasteiger partial charge in [0.2, 0.25) is 0 Å². The molecule has 0 aromatic carbocycles. The average molecular weight is 244 g/mol. The van der Waals surface area contributed by atoms with Gasteiger partial charge < -0.3 is 10.1 Å². The van der Waals surface area contributed by atoms with Crippen molar-refractivity contribution >= 4 is 0 Å². The summed E-state index contributed by atoms with van der Waals surface area (Å²) in [5.41, 5.74) is 0. The molecule has 17 heavy (non-hydrogen) atoms. The third-order valence-electron chi connectivity index (χ3n) is 3.42. The predicted octanol–water partition coefficient (Wildman–Crippen LogP) is 2.51. The van der Waals surface area contributed by atoms with Crippen molar-refractivity contribution in [3.8, 4) is 0 Å². The van der Waals surface area contributed by atoms with Crippen molar-refractivity contribution in [3.05, 3.63) is 0 Å². The summed E-state index contributed by atoms with van der Waals surface area (Å²) in [6.07, 6.45) is 3.80. The molecule has 0 heterocycles. The molecule has 0 saturated heterocycles. The van der Waals surface area contributed by atoms with Crippen LogP contribution in [-0.2, 0) is 4.74 Å². The van der Waals surface area contributed by atoms with Gasteiger partial charge in [0.25, 0.3) is 0 Å². The van der Waals surface area contributed by atoms with E-state index in [-0.39, 0.29) is 0 Å². The lowest BCUT2D eigenvalue weighted by atomic mass is 10.1. The largest absolute Gasteiger partial charge is 0.383 e. The second-order valence-corrected chi connectivity index (χ2v) is 4.89. The Labute approximate surface area is 108 Å². The number of hydrogen-bond donors (Lipinski definition) is 1. The minimum Gasteiger partial charge on any atom is -0.383 e. The molecule has 0 fully saturated rings. The maximum atomic E-state index is 5.04. The molecule has 0 aliphatic carbocycles. The van der Waals surface area contributed by atoms with Gasteiger partial charge in [-0.05, 0) is 33.2 Å². The van der Waals surface area contributed by atoms with Gasteiger partial charge in [-0.25, -0.2) is 0 Å². The number of nitrogens with one attached hydrogen (secondary N) is 1. The van der Waals surface area contributed by atoms with Gasteiger partial charge in [-0.2, -0.15) is 0 Å². The summed E-state index contributed by atoms with van der Waals surface area (Å²) in [5, 5.41) is 3.46. The Kier molecular flexibility index (Phi) is 10.9. The van der Waals surface area contributed by atoms with E-state index in [1.54, 1.807) is 7.11 Å². The van der Waals surface area contributed by atoms with Crippen LogP contribution in [0.4, 0.5) is 0 Å². The first kappa shape index (κ1) is 16.9. The summed E-state index contributed by atoms with van der Waals surface area (Å²) < 4.78 is 5.04. The molecule has 0 amide bonds. The Morgan fingerprint density at radius 1 is 1.18 bits per heavy atom. The number of nitrogens with zero attached hydrogens (tertiary/aromatic N) is 1. The molecule has 0 radical (unpaired) electrons. The molecule has 3 heteroatoms. The zero-order valence-corrected chi connectivity index (χ0v) is 12.5. The summed E-state index contributed by atoms with van der Waals surface area (Å²) in [5.74, 6) is 0. The second-order valence-electron chi connectivity index (χ2n) is 4.89. The fraction of sp³-hybridized carbons (Fsp3) is 1.00. The Morgan fingerprint density at radius 2 is 1.88 bits per heavy atom. The van der Waals surface area contributed by atoms with Crippen LogP contribution >= 0.6 is 0 Å². The topological polar surface area (TPSA) is 24.5 Å². The molecule has 104 valence electrons. The lowest BCUT2D eigenvalue weighted by molar-refractivity contribution is 0.140. The lowest BCUT2D eigenvalue weighted by Crippen LogP contribution is -2.46. The van der Waals surface area contributed by atoms with Gasteiger partial charge in [0, 0.05) is 32.3 Å². The van der Waals surface area contributed by atoms with Crippen molar-refractivity contribution in [1.29, 1.82) is 0 Å². The van der Waals surface area contributed by atoms with Crippen LogP contribution < -0.4 is 5.32 Å². The first-order chi connectivity index (χ1) is 8.17. The first-order valence-corrected chi connectivity index (χ1v) is 7.12. The Hall–Kier alpha value is -0.120. The third kappa shape index (κ3) is 7.74. The van der Waals surface area contributed by atoms with Crippen molar-refractivity contribution in [1.82, 2.24) is 10.2 Å². The van der Waals surface area contributed by atoms with Gasteiger partial charge in [0.05, 0.1) is 6.61 Å². The van der Waals surface area contributed by atoms with Crippen LogP contribution in [0.25, 0.3) is 0 Å². The van der Waals surface area contributed by atoms with E-state index in [9.17, 15) is 0 Å². The molecule has 0 aromatic rings. The van der Waals surface area contributed by atoms with E-state index in [0.29, 0.717) is 12.1 Å². The Balaban J connectivity index is 3.98. The van der Waals surface area contributed by atoms with Crippen LogP contribution in [0.3, 0.4) is 0 Å². The smallest absolute Gasteiger partial charge is 0.0587 e. The van der Waals surface area contributed by atoms with Gasteiger partial charge in [-0.15, -0.1) is 0 Å². The Morgan fingerprint density at radius 3 is 2.41 bits per heavy atom. The molecule has 0 aromatic heterocycles. The molecule has 0 aliphatic heterocycles. The molecule has 2 unspecified atom stereocenters. The number of methoxy groups -OCH3 is 1. The summed E-state index contributed by atoms with van der Waals surface area (Å²) >= 11 is 0. The van der Waals surface area contributed by atoms with Gasteiger partial charge in [0.1, 0.15) is 0 Å². The predicted molar refractivity (Wildman–Crippen MR) is 75.6 cm³/mol. The summed E-state index contributed by atoms with van der Waals surface area (Å²) in [6, 6.07) is 1.29. The molecule has 1 N–H and O–H groups in total. The minimum atomic E-state index is 0.605. The van der Waals surface area contributed by atoms with Crippen molar-refractivity contribution in [2.24, 2.45) is 0 Å². The fourth-order valence-corrected chi connectivity index (χ4v) is 2.05. The van der Waals surface area contributed by atoms with Gasteiger partial charge in [-0.1, -0.05) is 20.3 Å². The van der Waals surface area contributed by atoms with E-state index in [0.717, 1.165) is 19.7 Å². The van der Waals surface area contributed by atoms with Gasteiger partial charge in [0.15, 0.2) is 0 Å². The highest BCUT2D eigenvalue weighted by Crippen LogP contribution is 2.10. The molecular formula is C14H32N2O. The molecule has 0 aliphatic rings. The standard InChI is InChI=1S/C14H32N2O/c1-6-8-10-16(13(3)7-2)14(4)12-15-9-11-17-5/h13-15H,6-12H2,1-5H3. The van der Waals surface area contributed by atoms with Crippen molar-refractivity contribution in [2.45, 2.75) is 59.0 Å². The van der Waals surface area contributed by atoms with E-state index in [1.165, 1.54) is 25.8 Å². The highest BCUT2D eigenvalue weighted by molar-refractivity contribution is 4.74. The van der Waals surface area contributed by atoms with Crippen LogP contribution in [0.5, 0.6) is 0 Å². The minimum absolute atomic E-state index is 0.605. The molecular weight excluding hydrogens is 212 g/mol. The number of hydrogen-bond acceptors (Lipinski definition) is 3. The normalized spacial score (nSPS) is 15.2. The number of rotatable bonds is 11. The van der Waals surface area contributed by atoms with Crippen molar-refractivity contribution < 1.29 is 4.74 Å². The van der Waals surface area contributed by atoms with Crippen LogP contribution in [-0.4, -0.2) is 50.3 Å². The van der Waals surface area contributed by atoms with Crippen molar-refractivity contribution in [2.75, 3.05) is 33.4 Å². The monoisotopic (exact) mass is 244 g/mol. The summed E-state index contributed by atoms with van der Waals surface area (Å²) in [4.78, 5) is 2.63. The van der Waals surface area contributed by atoms with E-state index in [4.69, 9.17) is 4.74 Å². The molecule has 2 atom stereocenters. The average Bonchev–Trinajstić information content (AvgIpc) is 2.34. The molecule has 3 nitrogen and oxygen atoms in total. The van der Waals surface area contributed by atoms with E-state index < -0.39 is 0 Å². The van der Waals surface area contributed by atoms with E-state index in [1.807, 2.05) is 0 Å². The van der Waals surface area contributed by atoms with Crippen LogP contribution in [0.2, 0.25) is 0 Å². The first-order valence-electron chi connectivity index (χ1n) is 7.12. The number of ether oxygens (including phenoxy) is 1. The van der Waals surface area contributed by atoms with Crippen LogP contribution in [0.1, 0.15) is 47.0 Å². The SMILES string of the molecule is CCCCN(C(C)CC)C(C)CNCCOC. The maximum absolute atomic E-state index is 5.04. The summed E-state index contributed by atoms with van der Waals surface area (Å²) in [6.45, 7) is 13.2. The summed E-state index contributed by atoms with van der Waals surface area (Å²) in [7, 11) is 1.75. The van der Waals surface area contributed by atoms with Crippen LogP contribution in [0.15, 0.2) is 0 Å². The molecule has 0 saturated carbocycles. The van der Waals surface area contributed by atoms with Gasteiger partial charge in [-0.3, -0.25) is 4.90 Å². The molecule has 0 spiro atoms. The lowest BCUT2D eigenvalue weighted by Gasteiger charge is -2.34. The van der Waals surface area contributed by atoms with Crippen LogP contribution in [0, 0.1) is 0 Å². The van der Waals surface area contributed by atoms with E-state index >= 15 is 0 Å². The Bertz CT molecular complexity index is 164. The third-order valence-corrected chi connectivity index (χ3v) is 3.42. The maximum Gasteiger partial charge on any atom is 0.0587 e. The highest BCUT2D eigenvalue weighted by atomic mass is 16.5. The second kappa shape index (κ2) is 11.0. The van der Waals surface area contributed by atoms with E-state index in [2.05, 4.69) is 37.9 Å². The quantitative estimate of drug-likeness (QED) is 0.565. The van der Waals surface area contributed by atoms with Gasteiger partial charge >= 0.3 is 0 Å². The highest BCUT2D eigenvalue weighted by Gasteiger charge is 2.17. The molecule has 0 bridgehead atoms. The molecule has 0 rings (SSSR count).